The second-order valence-corrected chi connectivity index (χ2v) is 6.94. The third-order valence-corrected chi connectivity index (χ3v) is 4.98. The zero-order valence-electron chi connectivity index (χ0n) is 14.8. The SMILES string of the molecule is CCCCCCC[n+]1ccn(CC=CCc2cccc(Cl)c2Cl)c1.[Cl-]. The van der Waals surface area contributed by atoms with E-state index in [0.29, 0.717) is 10.0 Å². The van der Waals surface area contributed by atoms with Crippen LogP contribution < -0.4 is 17.0 Å². The highest BCUT2D eigenvalue weighted by molar-refractivity contribution is 6.42. The van der Waals surface area contributed by atoms with Crippen LogP contribution in [0.1, 0.15) is 44.6 Å². The minimum atomic E-state index is 0. The Morgan fingerprint density at radius 3 is 2.68 bits per heavy atom. The van der Waals surface area contributed by atoms with Gasteiger partial charge in [0.1, 0.15) is 18.9 Å². The molecule has 25 heavy (non-hydrogen) atoms. The van der Waals surface area contributed by atoms with E-state index in [1.807, 2.05) is 18.2 Å². The van der Waals surface area contributed by atoms with Gasteiger partial charge in [-0.15, -0.1) is 0 Å². The monoisotopic (exact) mass is 400 g/mol. The van der Waals surface area contributed by atoms with Gasteiger partial charge in [-0.3, -0.25) is 0 Å². The third kappa shape index (κ3) is 7.85. The molecule has 2 aromatic rings. The molecule has 1 heterocycles. The summed E-state index contributed by atoms with van der Waals surface area (Å²) in [6.07, 6.45) is 18.2. The van der Waals surface area contributed by atoms with E-state index in [2.05, 4.69) is 46.9 Å². The first-order valence-electron chi connectivity index (χ1n) is 8.83. The zero-order chi connectivity index (χ0) is 17.2. The number of hydrogen-bond donors (Lipinski definition) is 0. The van der Waals surface area contributed by atoms with E-state index in [0.717, 1.165) is 25.1 Å². The van der Waals surface area contributed by atoms with E-state index in [-0.39, 0.29) is 12.4 Å². The van der Waals surface area contributed by atoms with Gasteiger partial charge in [-0.1, -0.05) is 67.6 Å². The second-order valence-electron chi connectivity index (χ2n) is 6.15. The maximum atomic E-state index is 6.20. The predicted octanol–water partition coefficient (Wildman–Crippen LogP) is 2.86. The Morgan fingerprint density at radius 2 is 1.88 bits per heavy atom. The summed E-state index contributed by atoms with van der Waals surface area (Å²) in [5, 5.41) is 1.28. The number of imidazole rings is 1. The first-order valence-corrected chi connectivity index (χ1v) is 9.59. The van der Waals surface area contributed by atoms with Crippen LogP contribution in [0.15, 0.2) is 49.1 Å². The van der Waals surface area contributed by atoms with Crippen molar-refractivity contribution in [1.82, 2.24) is 4.57 Å². The third-order valence-electron chi connectivity index (χ3n) is 4.12. The number of nitrogens with zero attached hydrogens (tertiary/aromatic N) is 2. The van der Waals surface area contributed by atoms with Gasteiger partial charge >= 0.3 is 0 Å². The Balaban J connectivity index is 0.00000312. The lowest BCUT2D eigenvalue weighted by Gasteiger charge is -2.01. The van der Waals surface area contributed by atoms with Crippen LogP contribution in [0.5, 0.6) is 0 Å². The normalized spacial score (nSPS) is 11.0. The van der Waals surface area contributed by atoms with Crippen LogP contribution in [-0.4, -0.2) is 4.57 Å². The number of allylic oxidation sites excluding steroid dienone is 2. The molecule has 1 aromatic carbocycles. The second kappa shape index (κ2) is 12.4. The summed E-state index contributed by atoms with van der Waals surface area (Å²) < 4.78 is 4.47. The molecule has 2 rings (SSSR count). The molecule has 5 heteroatoms. The topological polar surface area (TPSA) is 8.81 Å². The Labute approximate surface area is 167 Å². The van der Waals surface area contributed by atoms with Crippen molar-refractivity contribution < 1.29 is 17.0 Å². The summed E-state index contributed by atoms with van der Waals surface area (Å²) in [6.45, 7) is 4.24. The molecule has 0 radical (unpaired) electrons. The summed E-state index contributed by atoms with van der Waals surface area (Å²) in [4.78, 5) is 0. The van der Waals surface area contributed by atoms with E-state index in [1.165, 1.54) is 32.1 Å². The molecule has 0 atom stereocenters. The van der Waals surface area contributed by atoms with Gasteiger partial charge in [0.05, 0.1) is 16.6 Å². The van der Waals surface area contributed by atoms with Gasteiger partial charge < -0.3 is 12.4 Å². The molecule has 0 spiro atoms. The van der Waals surface area contributed by atoms with Crippen LogP contribution in [0, 0.1) is 0 Å². The minimum absolute atomic E-state index is 0. The van der Waals surface area contributed by atoms with Gasteiger partial charge in [0.25, 0.3) is 0 Å². The lowest BCUT2D eigenvalue weighted by Crippen LogP contribution is -3.00. The van der Waals surface area contributed by atoms with Crippen molar-refractivity contribution in [3.63, 3.8) is 0 Å². The largest absolute Gasteiger partial charge is 1.00 e. The number of unbranched alkanes of at least 4 members (excludes halogenated alkanes) is 4. The van der Waals surface area contributed by atoms with Gasteiger partial charge in [-0.05, 0) is 37.0 Å². The standard InChI is InChI=1S/C20H27Cl2N2.ClH/c1-2-3-4-5-7-13-23-15-16-24(17-23)14-8-6-10-18-11-9-12-19(21)20(18)22;/h6,8-9,11-12,15-17H,2-5,7,10,13-14H2,1H3;1H/q+1;/p-1. The Morgan fingerprint density at radius 1 is 1.08 bits per heavy atom. The molecule has 0 aliphatic rings. The lowest BCUT2D eigenvalue weighted by atomic mass is 10.1. The minimum Gasteiger partial charge on any atom is -1.00 e. The maximum absolute atomic E-state index is 6.20. The van der Waals surface area contributed by atoms with Crippen molar-refractivity contribution in [2.75, 3.05) is 0 Å². The average Bonchev–Trinajstić information content (AvgIpc) is 3.03. The Hall–Kier alpha value is -0.960. The maximum Gasteiger partial charge on any atom is 0.244 e. The number of benzene rings is 1. The van der Waals surface area contributed by atoms with Crippen molar-refractivity contribution in [3.8, 4) is 0 Å². The molecule has 0 fully saturated rings. The van der Waals surface area contributed by atoms with E-state index >= 15 is 0 Å². The van der Waals surface area contributed by atoms with E-state index in [4.69, 9.17) is 23.2 Å². The van der Waals surface area contributed by atoms with E-state index in [1.54, 1.807) is 0 Å². The molecule has 0 aliphatic heterocycles. The highest BCUT2D eigenvalue weighted by Gasteiger charge is 2.03. The van der Waals surface area contributed by atoms with Gasteiger partial charge in [-0.25, -0.2) is 9.13 Å². The number of aromatic nitrogens is 2. The fraction of sp³-hybridized carbons (Fsp3) is 0.450. The van der Waals surface area contributed by atoms with Gasteiger partial charge in [-0.2, -0.15) is 0 Å². The van der Waals surface area contributed by atoms with E-state index < -0.39 is 0 Å². The molecule has 0 saturated carbocycles. The molecular formula is C20H27Cl3N2. The molecule has 0 unspecified atom stereocenters. The molecule has 0 N–H and O–H groups in total. The molecule has 0 amide bonds. The first-order chi connectivity index (χ1) is 11.7. The van der Waals surface area contributed by atoms with E-state index in [9.17, 15) is 0 Å². The van der Waals surface area contributed by atoms with Gasteiger partial charge in [0.15, 0.2) is 0 Å². The predicted molar refractivity (Wildman–Crippen MR) is 103 cm³/mol. The molecule has 0 aliphatic carbocycles. The van der Waals surface area contributed by atoms with Crippen LogP contribution in [0.4, 0.5) is 0 Å². The van der Waals surface area contributed by atoms with Crippen molar-refractivity contribution >= 4 is 23.2 Å². The summed E-state index contributed by atoms with van der Waals surface area (Å²) in [6, 6.07) is 5.77. The highest BCUT2D eigenvalue weighted by atomic mass is 35.5. The molecule has 138 valence electrons. The smallest absolute Gasteiger partial charge is 0.244 e. The summed E-state index contributed by atoms with van der Waals surface area (Å²) in [7, 11) is 0. The average molecular weight is 402 g/mol. The molecule has 0 saturated heterocycles. The fourth-order valence-corrected chi connectivity index (χ4v) is 3.09. The molecule has 2 nitrogen and oxygen atoms in total. The highest BCUT2D eigenvalue weighted by Crippen LogP contribution is 2.25. The van der Waals surface area contributed by atoms with Crippen LogP contribution in [0.3, 0.4) is 0 Å². The lowest BCUT2D eigenvalue weighted by molar-refractivity contribution is -0.696. The summed E-state index contributed by atoms with van der Waals surface area (Å²) in [5.74, 6) is 0. The number of aryl methyl sites for hydroxylation is 1. The number of rotatable bonds is 10. The van der Waals surface area contributed by atoms with Crippen molar-refractivity contribution in [3.05, 3.63) is 64.7 Å². The summed E-state index contributed by atoms with van der Waals surface area (Å²) >= 11 is 12.2. The molecular weight excluding hydrogens is 375 g/mol. The van der Waals surface area contributed by atoms with Gasteiger partial charge in [0.2, 0.25) is 6.33 Å². The Bertz CT molecular complexity index is 650. The van der Waals surface area contributed by atoms with Crippen LogP contribution >= 0.6 is 23.2 Å². The molecule has 1 aromatic heterocycles. The van der Waals surface area contributed by atoms with Crippen molar-refractivity contribution in [1.29, 1.82) is 0 Å². The Kier molecular flexibility index (Phi) is 11.0. The molecule has 0 bridgehead atoms. The van der Waals surface area contributed by atoms with Crippen LogP contribution in [0.25, 0.3) is 0 Å². The quantitative estimate of drug-likeness (QED) is 0.329. The fourth-order valence-electron chi connectivity index (χ4n) is 2.69. The van der Waals surface area contributed by atoms with Gasteiger partial charge in [0, 0.05) is 0 Å². The van der Waals surface area contributed by atoms with Crippen LogP contribution in [-0.2, 0) is 19.5 Å². The van der Waals surface area contributed by atoms with Crippen LogP contribution in [0.2, 0.25) is 10.0 Å². The number of halogens is 3. The van der Waals surface area contributed by atoms with Crippen molar-refractivity contribution in [2.45, 2.75) is 58.5 Å². The summed E-state index contributed by atoms with van der Waals surface area (Å²) in [5.41, 5.74) is 1.06. The zero-order valence-corrected chi connectivity index (χ0v) is 17.1. The number of hydrogen-bond acceptors (Lipinski definition) is 0. The van der Waals surface area contributed by atoms with Crippen molar-refractivity contribution in [2.24, 2.45) is 0 Å². The first kappa shape index (κ1) is 22.1.